The quantitative estimate of drug-likeness (QED) is 0.729. The zero-order valence-corrected chi connectivity index (χ0v) is 9.49. The Hall–Kier alpha value is -2.70. The van der Waals surface area contributed by atoms with Gasteiger partial charge in [-0.05, 0) is 23.3 Å². The molecule has 0 unspecified atom stereocenters. The maximum absolute atomic E-state index is 5.55. The highest BCUT2D eigenvalue weighted by Crippen LogP contribution is 2.23. The summed E-state index contributed by atoms with van der Waals surface area (Å²) in [7, 11) is 0. The average Bonchev–Trinajstić information content (AvgIpc) is 2.97. The van der Waals surface area contributed by atoms with E-state index in [0.717, 1.165) is 11.1 Å². The van der Waals surface area contributed by atoms with E-state index in [-0.39, 0.29) is 17.4 Å². The lowest BCUT2D eigenvalue weighted by Crippen LogP contribution is -1.88. The number of nitrogens with two attached hydrogens (primary N) is 1. The van der Waals surface area contributed by atoms with E-state index in [0.29, 0.717) is 5.82 Å². The van der Waals surface area contributed by atoms with E-state index in [1.807, 2.05) is 31.2 Å². The standard InChI is InChI=1S/C11H9N5O2/c1-6-3-2-4-7(5-6)10-13-11(17-16-10)8-9(12)15-18-14-8/h2-5H,1H3,(H2,12,15). The summed E-state index contributed by atoms with van der Waals surface area (Å²) in [6.45, 7) is 1.99. The van der Waals surface area contributed by atoms with E-state index in [2.05, 4.69) is 25.1 Å². The maximum atomic E-state index is 5.55. The molecule has 0 atom stereocenters. The first kappa shape index (κ1) is 10.5. The summed E-state index contributed by atoms with van der Waals surface area (Å²) in [5.74, 6) is 0.774. The number of aryl methyl sites for hydroxylation is 1. The molecular formula is C11H9N5O2. The third-order valence-corrected chi connectivity index (χ3v) is 2.42. The summed E-state index contributed by atoms with van der Waals surface area (Å²) >= 11 is 0. The Labute approximate surface area is 102 Å². The molecule has 0 saturated carbocycles. The minimum absolute atomic E-state index is 0.120. The van der Waals surface area contributed by atoms with E-state index in [4.69, 9.17) is 10.3 Å². The molecule has 1 aromatic carbocycles. The normalized spacial score (nSPS) is 10.7. The van der Waals surface area contributed by atoms with Crippen molar-refractivity contribution in [3.63, 3.8) is 0 Å². The van der Waals surface area contributed by atoms with Crippen LogP contribution in [0.3, 0.4) is 0 Å². The van der Waals surface area contributed by atoms with E-state index < -0.39 is 0 Å². The highest BCUT2D eigenvalue weighted by atomic mass is 16.6. The molecule has 0 amide bonds. The van der Waals surface area contributed by atoms with Gasteiger partial charge < -0.3 is 10.3 Å². The number of nitrogens with zero attached hydrogens (tertiary/aromatic N) is 4. The van der Waals surface area contributed by atoms with Crippen LogP contribution in [0.25, 0.3) is 23.0 Å². The first-order chi connectivity index (χ1) is 8.74. The van der Waals surface area contributed by atoms with Crippen LogP contribution in [0.15, 0.2) is 33.4 Å². The van der Waals surface area contributed by atoms with Gasteiger partial charge in [-0.25, -0.2) is 4.63 Å². The Morgan fingerprint density at radius 3 is 2.78 bits per heavy atom. The van der Waals surface area contributed by atoms with Crippen LogP contribution in [0.2, 0.25) is 0 Å². The van der Waals surface area contributed by atoms with Crippen molar-refractivity contribution in [1.82, 2.24) is 20.5 Å². The molecule has 3 aromatic rings. The van der Waals surface area contributed by atoms with Crippen LogP contribution in [0, 0.1) is 6.92 Å². The summed E-state index contributed by atoms with van der Waals surface area (Å²) in [4.78, 5) is 4.20. The Bertz CT molecular complexity index is 688. The second-order valence-electron chi connectivity index (χ2n) is 3.79. The van der Waals surface area contributed by atoms with E-state index in [9.17, 15) is 0 Å². The maximum Gasteiger partial charge on any atom is 0.284 e. The number of nitrogen functional groups attached to an aromatic ring is 1. The van der Waals surface area contributed by atoms with Crippen molar-refractivity contribution >= 4 is 5.82 Å². The van der Waals surface area contributed by atoms with Crippen molar-refractivity contribution in [2.24, 2.45) is 0 Å². The van der Waals surface area contributed by atoms with Crippen LogP contribution < -0.4 is 5.73 Å². The topological polar surface area (TPSA) is 104 Å². The Balaban J connectivity index is 2.02. The van der Waals surface area contributed by atoms with Crippen LogP contribution in [-0.4, -0.2) is 20.5 Å². The lowest BCUT2D eigenvalue weighted by molar-refractivity contribution is 0.308. The van der Waals surface area contributed by atoms with Gasteiger partial charge in [0.05, 0.1) is 0 Å². The second kappa shape index (κ2) is 3.95. The van der Waals surface area contributed by atoms with E-state index in [1.165, 1.54) is 0 Å². The zero-order chi connectivity index (χ0) is 12.5. The molecular weight excluding hydrogens is 234 g/mol. The van der Waals surface area contributed by atoms with Crippen molar-refractivity contribution in [2.75, 3.05) is 5.73 Å². The van der Waals surface area contributed by atoms with Gasteiger partial charge in [0, 0.05) is 5.56 Å². The minimum Gasteiger partial charge on any atom is -0.379 e. The molecule has 0 saturated heterocycles. The number of rotatable bonds is 2. The van der Waals surface area contributed by atoms with Crippen molar-refractivity contribution in [3.8, 4) is 23.0 Å². The summed E-state index contributed by atoms with van der Waals surface area (Å²) in [6, 6.07) is 7.77. The molecule has 0 fully saturated rings. The number of hydrogen-bond acceptors (Lipinski definition) is 7. The molecule has 90 valence electrons. The van der Waals surface area contributed by atoms with Gasteiger partial charge in [0.1, 0.15) is 0 Å². The molecule has 3 rings (SSSR count). The molecule has 7 heteroatoms. The van der Waals surface area contributed by atoms with Crippen LogP contribution in [0.1, 0.15) is 5.56 Å². The van der Waals surface area contributed by atoms with E-state index in [1.54, 1.807) is 0 Å². The summed E-state index contributed by atoms with van der Waals surface area (Å²) < 4.78 is 9.56. The van der Waals surface area contributed by atoms with Crippen LogP contribution in [0.4, 0.5) is 5.82 Å². The molecule has 2 N–H and O–H groups in total. The fourth-order valence-electron chi connectivity index (χ4n) is 1.56. The molecule has 0 aliphatic carbocycles. The lowest BCUT2D eigenvalue weighted by atomic mass is 10.1. The van der Waals surface area contributed by atoms with Crippen molar-refractivity contribution < 1.29 is 9.15 Å². The monoisotopic (exact) mass is 243 g/mol. The molecule has 0 aliphatic rings. The Morgan fingerprint density at radius 1 is 1.17 bits per heavy atom. The third-order valence-electron chi connectivity index (χ3n) is 2.42. The van der Waals surface area contributed by atoms with Crippen molar-refractivity contribution in [1.29, 1.82) is 0 Å². The highest BCUT2D eigenvalue weighted by Gasteiger charge is 2.17. The van der Waals surface area contributed by atoms with Gasteiger partial charge in [-0.15, -0.1) is 0 Å². The lowest BCUT2D eigenvalue weighted by Gasteiger charge is -1.94. The highest BCUT2D eigenvalue weighted by molar-refractivity contribution is 5.63. The van der Waals surface area contributed by atoms with Gasteiger partial charge in [0.25, 0.3) is 5.89 Å². The molecule has 0 spiro atoms. The molecule has 18 heavy (non-hydrogen) atoms. The molecule has 2 aromatic heterocycles. The fourth-order valence-corrected chi connectivity index (χ4v) is 1.56. The number of anilines is 1. The van der Waals surface area contributed by atoms with Crippen LogP contribution in [-0.2, 0) is 0 Å². The van der Waals surface area contributed by atoms with Gasteiger partial charge in [-0.1, -0.05) is 28.9 Å². The van der Waals surface area contributed by atoms with Crippen LogP contribution >= 0.6 is 0 Å². The van der Waals surface area contributed by atoms with Gasteiger partial charge in [-0.2, -0.15) is 4.98 Å². The molecule has 0 bridgehead atoms. The predicted molar refractivity (Wildman–Crippen MR) is 62.2 cm³/mol. The zero-order valence-electron chi connectivity index (χ0n) is 9.49. The van der Waals surface area contributed by atoms with Crippen LogP contribution in [0.5, 0.6) is 0 Å². The Kier molecular flexibility index (Phi) is 2.30. The molecule has 2 heterocycles. The SMILES string of the molecule is Cc1cccc(-c2noc(-c3nonc3N)n2)c1. The first-order valence-corrected chi connectivity index (χ1v) is 5.23. The van der Waals surface area contributed by atoms with Gasteiger partial charge >= 0.3 is 0 Å². The largest absolute Gasteiger partial charge is 0.379 e. The van der Waals surface area contributed by atoms with Crippen molar-refractivity contribution in [2.45, 2.75) is 6.92 Å². The third kappa shape index (κ3) is 1.71. The molecule has 0 aliphatic heterocycles. The summed E-state index contributed by atoms with van der Waals surface area (Å²) in [5.41, 5.74) is 7.77. The van der Waals surface area contributed by atoms with Gasteiger partial charge in [0.2, 0.25) is 17.3 Å². The second-order valence-corrected chi connectivity index (χ2v) is 3.79. The number of hydrogen-bond donors (Lipinski definition) is 1. The fraction of sp³-hybridized carbons (Fsp3) is 0.0909. The van der Waals surface area contributed by atoms with Crippen molar-refractivity contribution in [3.05, 3.63) is 29.8 Å². The summed E-state index contributed by atoms with van der Waals surface area (Å²) in [5, 5.41) is 10.9. The predicted octanol–water partition coefficient (Wildman–Crippen LogP) is 1.68. The van der Waals surface area contributed by atoms with Gasteiger partial charge in [0.15, 0.2) is 0 Å². The summed E-state index contributed by atoms with van der Waals surface area (Å²) in [6.07, 6.45) is 0. The number of benzene rings is 1. The number of aromatic nitrogens is 4. The minimum atomic E-state index is 0.120. The Morgan fingerprint density at radius 2 is 2.06 bits per heavy atom. The first-order valence-electron chi connectivity index (χ1n) is 5.23. The smallest absolute Gasteiger partial charge is 0.284 e. The molecule has 0 radical (unpaired) electrons. The van der Waals surface area contributed by atoms with E-state index >= 15 is 0 Å². The average molecular weight is 243 g/mol. The molecule has 7 nitrogen and oxygen atoms in total. The van der Waals surface area contributed by atoms with Gasteiger partial charge in [-0.3, -0.25) is 0 Å².